The highest BCUT2D eigenvalue weighted by Gasteiger charge is 1.77. The summed E-state index contributed by atoms with van der Waals surface area (Å²) >= 11 is 0. The Morgan fingerprint density at radius 1 is 1.75 bits per heavy atom. The maximum atomic E-state index is 4.96. The molecule has 0 aliphatic rings. The molecule has 0 amide bonds. The molecule has 0 heterocycles. The van der Waals surface area contributed by atoms with Crippen LogP contribution in [0.25, 0.3) is 0 Å². The third kappa shape index (κ3) is 5.26. The fraction of sp³-hybridized carbons (Fsp3) is 0.429. The quantitative estimate of drug-likeness (QED) is 0.300. The second kappa shape index (κ2) is 6.26. The van der Waals surface area contributed by atoms with Crippen molar-refractivity contribution >= 4 is 0 Å². The van der Waals surface area contributed by atoms with Crippen LogP contribution in [0.5, 0.6) is 0 Å². The molecule has 0 aliphatic heterocycles. The average Bonchev–Trinajstić information content (AvgIpc) is 1.81. The fourth-order valence-corrected chi connectivity index (χ4v) is 0.298. The molecule has 0 aromatic rings. The first-order valence-electron chi connectivity index (χ1n) is 2.54. The number of rotatable bonds is 4. The van der Waals surface area contributed by atoms with Crippen molar-refractivity contribution in [3.8, 4) is 12.3 Å². The van der Waals surface area contributed by atoms with E-state index in [0.29, 0.717) is 19.6 Å². The first kappa shape index (κ1) is 7.26. The predicted molar refractivity (Wildman–Crippen MR) is 34.5 cm³/mol. The lowest BCUT2D eigenvalue weighted by Gasteiger charge is -1.92. The standard InChI is InChI=1S/C7H10O/c1-3-5-7-8-6-4-2/h1,4H,2,5-7H2. The summed E-state index contributed by atoms with van der Waals surface area (Å²) < 4.78 is 4.96. The molecule has 8 heavy (non-hydrogen) atoms. The second-order valence-electron chi connectivity index (χ2n) is 1.32. The molecule has 1 heteroatoms. The summed E-state index contributed by atoms with van der Waals surface area (Å²) in [7, 11) is 0. The van der Waals surface area contributed by atoms with Gasteiger partial charge < -0.3 is 4.74 Å². The molecule has 44 valence electrons. The minimum Gasteiger partial charge on any atom is -0.376 e. The summed E-state index contributed by atoms with van der Waals surface area (Å²) in [5, 5.41) is 0. The van der Waals surface area contributed by atoms with Gasteiger partial charge in [0.05, 0.1) is 13.2 Å². The zero-order valence-corrected chi connectivity index (χ0v) is 4.89. The van der Waals surface area contributed by atoms with E-state index in [1.807, 2.05) is 0 Å². The van der Waals surface area contributed by atoms with Gasteiger partial charge in [-0.2, -0.15) is 0 Å². The number of terminal acetylenes is 1. The molecule has 0 radical (unpaired) electrons. The van der Waals surface area contributed by atoms with Crippen LogP contribution >= 0.6 is 0 Å². The SMILES string of the molecule is C#CCCOCC=C. The molecule has 0 aromatic carbocycles. The van der Waals surface area contributed by atoms with Crippen LogP contribution in [0.4, 0.5) is 0 Å². The topological polar surface area (TPSA) is 9.23 Å². The molecule has 0 bridgehead atoms. The van der Waals surface area contributed by atoms with Crippen molar-refractivity contribution in [3.05, 3.63) is 12.7 Å². The van der Waals surface area contributed by atoms with Crippen molar-refractivity contribution in [2.45, 2.75) is 6.42 Å². The Balaban J connectivity index is 2.74. The van der Waals surface area contributed by atoms with E-state index in [0.717, 1.165) is 0 Å². The first-order valence-corrected chi connectivity index (χ1v) is 2.54. The van der Waals surface area contributed by atoms with E-state index in [9.17, 15) is 0 Å². The summed E-state index contributed by atoms with van der Waals surface area (Å²) in [5.41, 5.74) is 0. The molecule has 0 fully saturated rings. The Morgan fingerprint density at radius 2 is 2.50 bits per heavy atom. The van der Waals surface area contributed by atoms with Gasteiger partial charge in [-0.3, -0.25) is 0 Å². The normalized spacial score (nSPS) is 7.88. The minimum absolute atomic E-state index is 0.599. The molecule has 0 saturated carbocycles. The molecule has 0 spiro atoms. The number of hydrogen-bond donors (Lipinski definition) is 0. The zero-order valence-electron chi connectivity index (χ0n) is 4.89. The lowest BCUT2D eigenvalue weighted by atomic mass is 10.5. The van der Waals surface area contributed by atoms with Crippen molar-refractivity contribution in [1.82, 2.24) is 0 Å². The van der Waals surface area contributed by atoms with Crippen molar-refractivity contribution in [2.24, 2.45) is 0 Å². The van der Waals surface area contributed by atoms with Gasteiger partial charge in [-0.25, -0.2) is 0 Å². The average molecular weight is 110 g/mol. The summed E-state index contributed by atoms with van der Waals surface area (Å²) in [4.78, 5) is 0. The van der Waals surface area contributed by atoms with Crippen LogP contribution in [0.1, 0.15) is 6.42 Å². The van der Waals surface area contributed by atoms with Gasteiger partial charge in [-0.1, -0.05) is 6.08 Å². The van der Waals surface area contributed by atoms with Crippen molar-refractivity contribution < 1.29 is 4.74 Å². The van der Waals surface area contributed by atoms with Crippen LogP contribution in [-0.4, -0.2) is 13.2 Å². The Hall–Kier alpha value is -0.740. The van der Waals surface area contributed by atoms with Gasteiger partial charge in [-0.05, 0) is 0 Å². The van der Waals surface area contributed by atoms with E-state index < -0.39 is 0 Å². The van der Waals surface area contributed by atoms with E-state index in [4.69, 9.17) is 11.2 Å². The van der Waals surface area contributed by atoms with Crippen LogP contribution in [0.2, 0.25) is 0 Å². The van der Waals surface area contributed by atoms with Gasteiger partial charge in [0, 0.05) is 6.42 Å². The molecular formula is C7H10O. The van der Waals surface area contributed by atoms with Gasteiger partial charge in [0.1, 0.15) is 0 Å². The lowest BCUT2D eigenvalue weighted by Crippen LogP contribution is -1.91. The third-order valence-corrected chi connectivity index (χ3v) is 0.626. The van der Waals surface area contributed by atoms with Gasteiger partial charge >= 0.3 is 0 Å². The monoisotopic (exact) mass is 110 g/mol. The fourth-order valence-electron chi connectivity index (χ4n) is 0.298. The van der Waals surface area contributed by atoms with Crippen LogP contribution in [-0.2, 0) is 4.74 Å². The first-order chi connectivity index (χ1) is 3.91. The molecule has 0 aromatic heterocycles. The Bertz CT molecular complexity index is 89.1. The van der Waals surface area contributed by atoms with Gasteiger partial charge in [-0.15, -0.1) is 18.9 Å². The maximum absolute atomic E-state index is 4.96. The molecule has 0 saturated heterocycles. The highest BCUT2D eigenvalue weighted by atomic mass is 16.5. The predicted octanol–water partition coefficient (Wildman–Crippen LogP) is 1.21. The molecule has 0 unspecified atom stereocenters. The van der Waals surface area contributed by atoms with Crippen LogP contribution in [0.15, 0.2) is 12.7 Å². The molecule has 0 atom stereocenters. The third-order valence-electron chi connectivity index (χ3n) is 0.626. The van der Waals surface area contributed by atoms with E-state index in [1.165, 1.54) is 0 Å². The Morgan fingerprint density at radius 3 is 3.00 bits per heavy atom. The number of ether oxygens (including phenoxy) is 1. The van der Waals surface area contributed by atoms with Crippen LogP contribution < -0.4 is 0 Å². The highest BCUT2D eigenvalue weighted by molar-refractivity contribution is 4.82. The molecule has 0 aliphatic carbocycles. The van der Waals surface area contributed by atoms with E-state index in [-0.39, 0.29) is 0 Å². The maximum Gasteiger partial charge on any atom is 0.0645 e. The summed E-state index contributed by atoms with van der Waals surface area (Å²) in [6.07, 6.45) is 7.35. The molecule has 0 rings (SSSR count). The molecule has 1 nitrogen and oxygen atoms in total. The van der Waals surface area contributed by atoms with Gasteiger partial charge in [0.25, 0.3) is 0 Å². The zero-order chi connectivity index (χ0) is 6.24. The summed E-state index contributed by atoms with van der Waals surface area (Å²) in [6.45, 7) is 4.72. The van der Waals surface area contributed by atoms with Crippen LogP contribution in [0.3, 0.4) is 0 Å². The van der Waals surface area contributed by atoms with Crippen molar-refractivity contribution in [1.29, 1.82) is 0 Å². The van der Waals surface area contributed by atoms with Crippen molar-refractivity contribution in [2.75, 3.05) is 13.2 Å². The van der Waals surface area contributed by atoms with Gasteiger partial charge in [0.2, 0.25) is 0 Å². The van der Waals surface area contributed by atoms with Gasteiger partial charge in [0.15, 0.2) is 0 Å². The molecule has 0 N–H and O–H groups in total. The minimum atomic E-state index is 0.599. The second-order valence-corrected chi connectivity index (χ2v) is 1.32. The summed E-state index contributed by atoms with van der Waals surface area (Å²) in [5.74, 6) is 2.47. The number of hydrogen-bond acceptors (Lipinski definition) is 1. The highest BCUT2D eigenvalue weighted by Crippen LogP contribution is 1.78. The van der Waals surface area contributed by atoms with Crippen LogP contribution in [0, 0.1) is 12.3 Å². The van der Waals surface area contributed by atoms with E-state index in [1.54, 1.807) is 6.08 Å². The largest absolute Gasteiger partial charge is 0.376 e. The van der Waals surface area contributed by atoms with Crippen molar-refractivity contribution in [3.63, 3.8) is 0 Å². The Labute approximate surface area is 50.4 Å². The Kier molecular flexibility index (Phi) is 5.68. The molecular weight excluding hydrogens is 100 g/mol. The smallest absolute Gasteiger partial charge is 0.0645 e. The lowest BCUT2D eigenvalue weighted by molar-refractivity contribution is 0.169. The van der Waals surface area contributed by atoms with E-state index in [2.05, 4.69) is 12.5 Å². The summed E-state index contributed by atoms with van der Waals surface area (Å²) in [6, 6.07) is 0. The van der Waals surface area contributed by atoms with E-state index >= 15 is 0 Å².